The van der Waals surface area contributed by atoms with Crippen LogP contribution >= 0.6 is 0 Å². The van der Waals surface area contributed by atoms with Crippen LogP contribution in [0, 0.1) is 0 Å². The van der Waals surface area contributed by atoms with Crippen LogP contribution in [0.5, 0.6) is 5.75 Å². The van der Waals surface area contributed by atoms with Gasteiger partial charge in [0.25, 0.3) is 5.91 Å². The van der Waals surface area contributed by atoms with Crippen LogP contribution in [0.4, 0.5) is 11.4 Å². The Morgan fingerprint density at radius 2 is 1.84 bits per heavy atom. The van der Waals surface area contributed by atoms with Gasteiger partial charge in [-0.15, -0.1) is 0 Å². The van der Waals surface area contributed by atoms with Crippen molar-refractivity contribution in [2.75, 3.05) is 17.7 Å². The average Bonchev–Trinajstić information content (AvgIpc) is 3.22. The summed E-state index contributed by atoms with van der Waals surface area (Å²) in [5.74, 6) is 1.05. The van der Waals surface area contributed by atoms with Gasteiger partial charge < -0.3 is 19.9 Å². The molecule has 0 atom stereocenters. The molecule has 2 N–H and O–H groups in total. The van der Waals surface area contributed by atoms with Crippen LogP contribution in [-0.4, -0.2) is 29.1 Å². The van der Waals surface area contributed by atoms with Crippen LogP contribution in [0.15, 0.2) is 53.1 Å². The van der Waals surface area contributed by atoms with Gasteiger partial charge in [-0.05, 0) is 24.3 Å². The maximum absolute atomic E-state index is 12.8. The number of amides is 2. The molecule has 8 nitrogen and oxygen atoms in total. The predicted molar refractivity (Wildman–Crippen MR) is 117 cm³/mol. The van der Waals surface area contributed by atoms with Crippen molar-refractivity contribution in [1.29, 1.82) is 0 Å². The van der Waals surface area contributed by atoms with Gasteiger partial charge in [0.15, 0.2) is 5.82 Å². The van der Waals surface area contributed by atoms with Crippen LogP contribution in [0.3, 0.4) is 0 Å². The first-order chi connectivity index (χ1) is 14.8. The van der Waals surface area contributed by atoms with Gasteiger partial charge in [0.1, 0.15) is 5.75 Å². The Hall–Kier alpha value is -3.68. The van der Waals surface area contributed by atoms with Gasteiger partial charge in [-0.2, -0.15) is 4.98 Å². The Balaban J connectivity index is 1.63. The first-order valence-corrected chi connectivity index (χ1v) is 9.93. The number of para-hydroxylation sites is 1. The van der Waals surface area contributed by atoms with E-state index in [4.69, 9.17) is 9.26 Å². The lowest BCUT2D eigenvalue weighted by molar-refractivity contribution is -0.116. The van der Waals surface area contributed by atoms with Crippen molar-refractivity contribution in [3.63, 3.8) is 0 Å². The SMILES string of the molecule is COc1cccc(NC(=O)c2ccccc2NC(=O)CCc2nc(C(C)(C)C)no2)c1. The summed E-state index contributed by atoms with van der Waals surface area (Å²) in [5.41, 5.74) is 1.15. The zero-order valence-corrected chi connectivity index (χ0v) is 18.1. The van der Waals surface area contributed by atoms with E-state index in [-0.39, 0.29) is 23.7 Å². The summed E-state index contributed by atoms with van der Waals surface area (Å²) < 4.78 is 10.4. The Morgan fingerprint density at radius 1 is 1.06 bits per heavy atom. The van der Waals surface area contributed by atoms with Crippen LogP contribution < -0.4 is 15.4 Å². The number of nitrogens with one attached hydrogen (secondary N) is 2. The van der Waals surface area contributed by atoms with E-state index in [9.17, 15) is 9.59 Å². The zero-order chi connectivity index (χ0) is 22.4. The fourth-order valence-electron chi connectivity index (χ4n) is 2.78. The van der Waals surface area contributed by atoms with Gasteiger partial charge >= 0.3 is 0 Å². The Kier molecular flexibility index (Phi) is 6.69. The number of hydrogen-bond acceptors (Lipinski definition) is 6. The number of benzene rings is 2. The molecule has 2 amide bonds. The molecule has 0 aliphatic carbocycles. The third-order valence-electron chi connectivity index (χ3n) is 4.48. The number of aromatic nitrogens is 2. The molecule has 3 rings (SSSR count). The molecule has 0 aliphatic rings. The molecule has 0 saturated carbocycles. The van der Waals surface area contributed by atoms with E-state index < -0.39 is 0 Å². The number of carbonyl (C=O) groups excluding carboxylic acids is 2. The Labute approximate surface area is 181 Å². The van der Waals surface area contributed by atoms with E-state index in [1.807, 2.05) is 20.8 Å². The predicted octanol–water partition coefficient (Wildman–Crippen LogP) is 4.20. The summed E-state index contributed by atoms with van der Waals surface area (Å²) in [5, 5.41) is 9.57. The lowest BCUT2D eigenvalue weighted by Crippen LogP contribution is -2.18. The topological polar surface area (TPSA) is 106 Å². The highest BCUT2D eigenvalue weighted by atomic mass is 16.5. The second-order valence-electron chi connectivity index (χ2n) is 8.04. The summed E-state index contributed by atoms with van der Waals surface area (Å²) in [6.07, 6.45) is 0.463. The summed E-state index contributed by atoms with van der Waals surface area (Å²) in [7, 11) is 1.56. The monoisotopic (exact) mass is 422 g/mol. The van der Waals surface area contributed by atoms with E-state index in [0.29, 0.717) is 40.8 Å². The number of ether oxygens (including phenoxy) is 1. The molecule has 8 heteroatoms. The molecule has 1 aromatic heterocycles. The van der Waals surface area contributed by atoms with E-state index in [0.717, 1.165) is 0 Å². The normalized spacial score (nSPS) is 11.1. The standard InChI is InChI=1S/C23H26N4O4/c1-23(2,3)22-26-20(31-27-22)13-12-19(28)25-18-11-6-5-10-17(18)21(29)24-15-8-7-9-16(14-15)30-4/h5-11,14H,12-13H2,1-4H3,(H,24,29)(H,25,28). The van der Waals surface area contributed by atoms with Crippen LogP contribution in [0.1, 0.15) is 49.3 Å². The van der Waals surface area contributed by atoms with E-state index in [1.54, 1.807) is 55.6 Å². The minimum Gasteiger partial charge on any atom is -0.497 e. The molecule has 0 bridgehead atoms. The third-order valence-corrected chi connectivity index (χ3v) is 4.48. The van der Waals surface area contributed by atoms with Crippen molar-refractivity contribution >= 4 is 23.2 Å². The fraction of sp³-hybridized carbons (Fsp3) is 0.304. The molecule has 0 aliphatic heterocycles. The maximum Gasteiger partial charge on any atom is 0.257 e. The number of nitrogens with zero attached hydrogens (tertiary/aromatic N) is 2. The maximum atomic E-state index is 12.8. The molecule has 0 fully saturated rings. The second kappa shape index (κ2) is 9.42. The number of hydrogen-bond donors (Lipinski definition) is 2. The number of aryl methyl sites for hydroxylation is 1. The minimum absolute atomic E-state index is 0.150. The highest BCUT2D eigenvalue weighted by molar-refractivity contribution is 6.10. The fourth-order valence-corrected chi connectivity index (χ4v) is 2.78. The van der Waals surface area contributed by atoms with Crippen molar-refractivity contribution in [2.24, 2.45) is 0 Å². The average molecular weight is 422 g/mol. The number of methoxy groups -OCH3 is 1. The summed E-state index contributed by atoms with van der Waals surface area (Å²) in [6.45, 7) is 5.96. The van der Waals surface area contributed by atoms with E-state index in [1.165, 1.54) is 0 Å². The van der Waals surface area contributed by atoms with Gasteiger partial charge in [-0.25, -0.2) is 0 Å². The van der Waals surface area contributed by atoms with Crippen molar-refractivity contribution in [2.45, 2.75) is 39.0 Å². The molecule has 1 heterocycles. The van der Waals surface area contributed by atoms with Gasteiger partial charge in [0.2, 0.25) is 11.8 Å². The molecule has 2 aromatic carbocycles. The molecule has 31 heavy (non-hydrogen) atoms. The largest absolute Gasteiger partial charge is 0.497 e. The Morgan fingerprint density at radius 3 is 2.55 bits per heavy atom. The smallest absolute Gasteiger partial charge is 0.257 e. The van der Waals surface area contributed by atoms with Gasteiger partial charge in [-0.3, -0.25) is 9.59 Å². The summed E-state index contributed by atoms with van der Waals surface area (Å²) in [6, 6.07) is 13.9. The molecular weight excluding hydrogens is 396 g/mol. The molecular formula is C23H26N4O4. The number of rotatable bonds is 7. The summed E-state index contributed by atoms with van der Waals surface area (Å²) in [4.78, 5) is 29.5. The first-order valence-electron chi connectivity index (χ1n) is 9.93. The first kappa shape index (κ1) is 22.0. The lowest BCUT2D eigenvalue weighted by atomic mass is 9.96. The Bertz CT molecular complexity index is 1070. The number of anilines is 2. The highest BCUT2D eigenvalue weighted by Gasteiger charge is 2.21. The van der Waals surface area contributed by atoms with Crippen LogP contribution in [-0.2, 0) is 16.6 Å². The summed E-state index contributed by atoms with van der Waals surface area (Å²) >= 11 is 0. The molecule has 0 unspecified atom stereocenters. The van der Waals surface area contributed by atoms with Crippen molar-refractivity contribution in [1.82, 2.24) is 10.1 Å². The lowest BCUT2D eigenvalue weighted by Gasteiger charge is -2.12. The zero-order valence-electron chi connectivity index (χ0n) is 18.1. The minimum atomic E-state index is -0.337. The number of carbonyl (C=O) groups is 2. The molecule has 0 saturated heterocycles. The van der Waals surface area contributed by atoms with E-state index >= 15 is 0 Å². The van der Waals surface area contributed by atoms with Gasteiger partial charge in [0.05, 0.1) is 18.4 Å². The van der Waals surface area contributed by atoms with Crippen molar-refractivity contribution in [3.05, 3.63) is 65.8 Å². The van der Waals surface area contributed by atoms with Gasteiger partial charge in [0, 0.05) is 30.0 Å². The van der Waals surface area contributed by atoms with Crippen molar-refractivity contribution in [3.8, 4) is 5.75 Å². The molecule has 0 spiro atoms. The molecule has 3 aromatic rings. The quantitative estimate of drug-likeness (QED) is 0.591. The van der Waals surface area contributed by atoms with Crippen LogP contribution in [0.2, 0.25) is 0 Å². The van der Waals surface area contributed by atoms with Crippen LogP contribution in [0.25, 0.3) is 0 Å². The van der Waals surface area contributed by atoms with Crippen molar-refractivity contribution < 1.29 is 18.8 Å². The van der Waals surface area contributed by atoms with E-state index in [2.05, 4.69) is 20.8 Å². The third kappa shape index (κ3) is 5.91. The van der Waals surface area contributed by atoms with Gasteiger partial charge in [-0.1, -0.05) is 44.1 Å². The molecule has 0 radical (unpaired) electrons. The molecule has 162 valence electrons. The highest BCUT2D eigenvalue weighted by Crippen LogP contribution is 2.21. The second-order valence-corrected chi connectivity index (χ2v) is 8.04.